The van der Waals surface area contributed by atoms with Gasteiger partial charge in [0.1, 0.15) is 6.33 Å². The zero-order valence-electron chi connectivity index (χ0n) is 10.3. The monoisotopic (exact) mass is 244 g/mol. The minimum atomic E-state index is -0.457. The number of aromatic nitrogens is 3. The Balaban J connectivity index is 1.93. The predicted octanol–water partition coefficient (Wildman–Crippen LogP) is 1.35. The Morgan fingerprint density at radius 2 is 2.11 bits per heavy atom. The molecule has 0 fully saturated rings. The van der Waals surface area contributed by atoms with Gasteiger partial charge in [0, 0.05) is 24.3 Å². The Morgan fingerprint density at radius 1 is 1.28 bits per heavy atom. The molecule has 94 valence electrons. The summed E-state index contributed by atoms with van der Waals surface area (Å²) >= 11 is 0. The van der Waals surface area contributed by atoms with Gasteiger partial charge >= 0.3 is 0 Å². The topological polar surface area (TPSA) is 54.2 Å². The largest absolute Gasteiger partial charge is 0.389 e. The summed E-state index contributed by atoms with van der Waals surface area (Å²) in [6.07, 6.45) is 1.31. The van der Waals surface area contributed by atoms with E-state index in [-0.39, 0.29) is 0 Å². The lowest BCUT2D eigenvalue weighted by Crippen LogP contribution is -2.34. The standard InChI is InChI=1S/C13H16N4O/c1-10(18)11-4-2-3-5-12(11)16-6-7-17-9-14-15-13(17)8-16/h2-5,9-10,18H,6-8H2,1H3/t10-/m0/s1. The van der Waals surface area contributed by atoms with Crippen LogP contribution in [0.2, 0.25) is 0 Å². The van der Waals surface area contributed by atoms with Gasteiger partial charge in [0.05, 0.1) is 12.6 Å². The molecule has 0 spiro atoms. The van der Waals surface area contributed by atoms with Crippen molar-refractivity contribution in [1.29, 1.82) is 0 Å². The summed E-state index contributed by atoms with van der Waals surface area (Å²) in [7, 11) is 0. The third-order valence-corrected chi connectivity index (χ3v) is 3.37. The van der Waals surface area contributed by atoms with Crippen LogP contribution in [0.3, 0.4) is 0 Å². The van der Waals surface area contributed by atoms with E-state index >= 15 is 0 Å². The summed E-state index contributed by atoms with van der Waals surface area (Å²) in [6, 6.07) is 7.98. The highest BCUT2D eigenvalue weighted by molar-refractivity contribution is 5.54. The Hall–Kier alpha value is -1.88. The van der Waals surface area contributed by atoms with E-state index in [9.17, 15) is 5.11 Å². The number of nitrogens with zero attached hydrogens (tertiary/aromatic N) is 4. The number of hydrogen-bond acceptors (Lipinski definition) is 4. The molecule has 0 saturated heterocycles. The number of aliphatic hydroxyl groups excluding tert-OH is 1. The maximum Gasteiger partial charge on any atom is 0.152 e. The molecule has 0 saturated carbocycles. The third kappa shape index (κ3) is 1.86. The van der Waals surface area contributed by atoms with Gasteiger partial charge in [-0.05, 0) is 13.0 Å². The Labute approximate surface area is 106 Å². The van der Waals surface area contributed by atoms with Gasteiger partial charge < -0.3 is 14.6 Å². The van der Waals surface area contributed by atoms with Crippen molar-refractivity contribution < 1.29 is 5.11 Å². The van der Waals surface area contributed by atoms with Crippen LogP contribution in [0.5, 0.6) is 0 Å². The van der Waals surface area contributed by atoms with E-state index < -0.39 is 6.10 Å². The maximum atomic E-state index is 9.83. The number of aliphatic hydroxyl groups is 1. The second-order valence-electron chi connectivity index (χ2n) is 4.60. The molecule has 0 amide bonds. The third-order valence-electron chi connectivity index (χ3n) is 3.37. The van der Waals surface area contributed by atoms with Crippen LogP contribution in [0.4, 0.5) is 5.69 Å². The van der Waals surface area contributed by atoms with Crippen molar-refractivity contribution in [2.45, 2.75) is 26.1 Å². The van der Waals surface area contributed by atoms with E-state index in [0.717, 1.165) is 36.7 Å². The molecule has 2 aromatic rings. The molecule has 3 rings (SSSR count). The second-order valence-corrected chi connectivity index (χ2v) is 4.60. The molecule has 0 radical (unpaired) electrons. The fourth-order valence-corrected chi connectivity index (χ4v) is 2.40. The van der Waals surface area contributed by atoms with Crippen molar-refractivity contribution in [3.8, 4) is 0 Å². The van der Waals surface area contributed by atoms with Crippen LogP contribution in [0, 0.1) is 0 Å². The minimum absolute atomic E-state index is 0.457. The molecule has 18 heavy (non-hydrogen) atoms. The van der Waals surface area contributed by atoms with Gasteiger partial charge in [-0.1, -0.05) is 18.2 Å². The first-order valence-electron chi connectivity index (χ1n) is 6.14. The van der Waals surface area contributed by atoms with Crippen molar-refractivity contribution in [1.82, 2.24) is 14.8 Å². The zero-order chi connectivity index (χ0) is 12.5. The Morgan fingerprint density at radius 3 is 2.94 bits per heavy atom. The lowest BCUT2D eigenvalue weighted by atomic mass is 10.1. The molecule has 1 aliphatic heterocycles. The van der Waals surface area contributed by atoms with Gasteiger partial charge in [-0.2, -0.15) is 0 Å². The molecule has 5 nitrogen and oxygen atoms in total. The second kappa shape index (κ2) is 4.42. The van der Waals surface area contributed by atoms with E-state index in [0.29, 0.717) is 0 Å². The quantitative estimate of drug-likeness (QED) is 0.866. The first kappa shape index (κ1) is 11.2. The number of fused-ring (bicyclic) bond motifs is 1. The van der Waals surface area contributed by atoms with Gasteiger partial charge in [-0.25, -0.2) is 0 Å². The molecule has 1 N–H and O–H groups in total. The summed E-state index contributed by atoms with van der Waals surface area (Å²) in [6.45, 7) is 4.33. The average molecular weight is 244 g/mol. The molecule has 1 aliphatic rings. The molecule has 0 bridgehead atoms. The molecule has 2 heterocycles. The average Bonchev–Trinajstić information content (AvgIpc) is 2.85. The Kier molecular flexibility index (Phi) is 2.76. The number of hydrogen-bond donors (Lipinski definition) is 1. The summed E-state index contributed by atoms with van der Waals surface area (Å²) < 4.78 is 2.07. The predicted molar refractivity (Wildman–Crippen MR) is 68.1 cm³/mol. The van der Waals surface area contributed by atoms with Crippen LogP contribution in [0.15, 0.2) is 30.6 Å². The van der Waals surface area contributed by atoms with Crippen LogP contribution in [0.1, 0.15) is 24.4 Å². The summed E-state index contributed by atoms with van der Waals surface area (Å²) in [5.41, 5.74) is 2.05. The number of benzene rings is 1. The van der Waals surface area contributed by atoms with Crippen LogP contribution in [0.25, 0.3) is 0 Å². The minimum Gasteiger partial charge on any atom is -0.389 e. The van der Waals surface area contributed by atoms with Crippen LogP contribution in [-0.2, 0) is 13.1 Å². The van der Waals surface area contributed by atoms with Crippen LogP contribution in [-0.4, -0.2) is 26.4 Å². The van der Waals surface area contributed by atoms with E-state index in [1.165, 1.54) is 0 Å². The summed E-state index contributed by atoms with van der Waals surface area (Å²) in [5.74, 6) is 0.974. The smallest absolute Gasteiger partial charge is 0.152 e. The first-order valence-corrected chi connectivity index (χ1v) is 6.14. The van der Waals surface area contributed by atoms with Crippen molar-refractivity contribution in [3.05, 3.63) is 42.0 Å². The number of rotatable bonds is 2. The zero-order valence-corrected chi connectivity index (χ0v) is 10.3. The SMILES string of the molecule is C[C@H](O)c1ccccc1N1CCn2cnnc2C1. The van der Waals surface area contributed by atoms with E-state index in [2.05, 4.69) is 19.7 Å². The molecule has 1 aromatic heterocycles. The van der Waals surface area contributed by atoms with Crippen LogP contribution >= 0.6 is 0 Å². The molecule has 1 atom stereocenters. The highest BCUT2D eigenvalue weighted by atomic mass is 16.3. The van der Waals surface area contributed by atoms with Crippen molar-refractivity contribution in [3.63, 3.8) is 0 Å². The Bertz CT molecular complexity index is 549. The molecule has 0 unspecified atom stereocenters. The molecule has 5 heteroatoms. The van der Waals surface area contributed by atoms with Gasteiger partial charge in [0.25, 0.3) is 0 Å². The van der Waals surface area contributed by atoms with Gasteiger partial charge in [0.15, 0.2) is 5.82 Å². The maximum absolute atomic E-state index is 9.83. The fraction of sp³-hybridized carbons (Fsp3) is 0.385. The van der Waals surface area contributed by atoms with Crippen LogP contribution < -0.4 is 4.90 Å². The highest BCUT2D eigenvalue weighted by Crippen LogP contribution is 2.28. The molecular formula is C13H16N4O. The van der Waals surface area contributed by atoms with Crippen molar-refractivity contribution in [2.24, 2.45) is 0 Å². The van der Waals surface area contributed by atoms with E-state index in [4.69, 9.17) is 0 Å². The number of anilines is 1. The number of para-hydroxylation sites is 1. The normalized spacial score (nSPS) is 16.4. The van der Waals surface area contributed by atoms with Gasteiger partial charge in [-0.15, -0.1) is 10.2 Å². The van der Waals surface area contributed by atoms with Gasteiger partial charge in [0.2, 0.25) is 0 Å². The van der Waals surface area contributed by atoms with Gasteiger partial charge in [-0.3, -0.25) is 0 Å². The molecule has 1 aromatic carbocycles. The van der Waals surface area contributed by atoms with Crippen molar-refractivity contribution in [2.75, 3.05) is 11.4 Å². The fourth-order valence-electron chi connectivity index (χ4n) is 2.40. The van der Waals surface area contributed by atoms with E-state index in [1.807, 2.05) is 24.3 Å². The lowest BCUT2D eigenvalue weighted by Gasteiger charge is -2.31. The first-order chi connectivity index (χ1) is 8.75. The molecule has 0 aliphatic carbocycles. The van der Waals surface area contributed by atoms with Crippen molar-refractivity contribution >= 4 is 5.69 Å². The van der Waals surface area contributed by atoms with E-state index in [1.54, 1.807) is 13.3 Å². The highest BCUT2D eigenvalue weighted by Gasteiger charge is 2.20. The lowest BCUT2D eigenvalue weighted by molar-refractivity contribution is 0.199. The summed E-state index contributed by atoms with van der Waals surface area (Å²) in [4.78, 5) is 2.24. The molecular weight excluding hydrogens is 228 g/mol. The summed E-state index contributed by atoms with van der Waals surface area (Å²) in [5, 5.41) is 17.9.